The number of nitro benzene ring substituents is 1. The van der Waals surface area contributed by atoms with Gasteiger partial charge in [-0.1, -0.05) is 91.0 Å². The second-order valence-corrected chi connectivity index (χ2v) is 11.2. The minimum Gasteiger partial charge on any atom is -0.451 e. The van der Waals surface area contributed by atoms with Crippen molar-refractivity contribution in [3.8, 4) is 0 Å². The van der Waals surface area contributed by atoms with Crippen LogP contribution >= 0.6 is 0 Å². The number of rotatable bonds is 6. The maximum atomic E-state index is 14.4. The summed E-state index contributed by atoms with van der Waals surface area (Å²) in [5.41, 5.74) is 3.69. The summed E-state index contributed by atoms with van der Waals surface area (Å²) in [5.74, 6) is -3.48. The molecule has 4 aromatic carbocycles. The highest BCUT2D eigenvalue weighted by atomic mass is 16.6. The average molecular weight is 586 g/mol. The molecule has 3 heterocycles. The van der Waals surface area contributed by atoms with Crippen LogP contribution in [-0.4, -0.2) is 34.8 Å². The normalized spacial score (nSPS) is 21.7. The molecule has 0 N–H and O–H groups in total. The van der Waals surface area contributed by atoms with Crippen LogP contribution in [0.5, 0.6) is 0 Å². The van der Waals surface area contributed by atoms with Gasteiger partial charge in [-0.05, 0) is 41.3 Å². The van der Waals surface area contributed by atoms with Crippen molar-refractivity contribution in [1.82, 2.24) is 0 Å². The number of amides is 2. The summed E-state index contributed by atoms with van der Waals surface area (Å²) < 4.78 is 6.31. The lowest BCUT2D eigenvalue weighted by Gasteiger charge is -2.36. The Bertz CT molecular complexity index is 1800. The van der Waals surface area contributed by atoms with Crippen LogP contribution < -0.4 is 9.80 Å². The van der Waals surface area contributed by atoms with Crippen molar-refractivity contribution in [3.63, 3.8) is 0 Å². The molecule has 9 heteroatoms. The summed E-state index contributed by atoms with van der Waals surface area (Å²) in [6, 6.07) is 28.7. The number of ether oxygens (including phenoxy) is 1. The number of esters is 1. The first-order valence-electron chi connectivity index (χ1n) is 14.3. The molecule has 2 amide bonds. The van der Waals surface area contributed by atoms with Crippen molar-refractivity contribution in [2.24, 2.45) is 11.8 Å². The fourth-order valence-corrected chi connectivity index (χ4v) is 6.80. The monoisotopic (exact) mass is 585 g/mol. The number of fused-ring (bicyclic) bond motifs is 5. The highest BCUT2D eigenvalue weighted by molar-refractivity contribution is 6.25. The molecule has 9 nitrogen and oxygen atoms in total. The zero-order valence-electron chi connectivity index (χ0n) is 23.6. The third kappa shape index (κ3) is 4.27. The molecule has 2 fully saturated rings. The Labute approximate surface area is 253 Å². The molecule has 0 aliphatic carbocycles. The lowest BCUT2D eigenvalue weighted by molar-refractivity contribution is -0.384. The third-order valence-electron chi connectivity index (χ3n) is 8.73. The molecule has 0 spiro atoms. The van der Waals surface area contributed by atoms with E-state index in [-0.39, 0.29) is 11.4 Å². The Kier molecular flexibility index (Phi) is 6.58. The molecule has 4 aromatic rings. The Morgan fingerprint density at radius 1 is 0.818 bits per heavy atom. The first-order chi connectivity index (χ1) is 21.3. The van der Waals surface area contributed by atoms with Gasteiger partial charge in [0.25, 0.3) is 5.69 Å². The molecule has 7 rings (SSSR count). The standard InChI is InChI=1S/C35H27N3O6/c1-21-20-25(38(42)43)17-19-26(21)37-33(39)29-28-18-16-22-10-8-9-15-27(22)36(28)31(30(29)34(37)40)35(41)44-32(23-11-4-2-5-12-23)24-13-6-3-7-14-24/h2-20,28-32H,1H3/t28-,29-,30-,31-/m0/s1. The molecule has 218 valence electrons. The lowest BCUT2D eigenvalue weighted by Crippen LogP contribution is -2.49. The predicted octanol–water partition coefficient (Wildman–Crippen LogP) is 5.63. The number of hydrogen-bond acceptors (Lipinski definition) is 7. The van der Waals surface area contributed by atoms with Gasteiger partial charge in [-0.25, -0.2) is 9.69 Å². The number of para-hydroxylation sites is 1. The van der Waals surface area contributed by atoms with Crippen molar-refractivity contribution >= 4 is 40.9 Å². The summed E-state index contributed by atoms with van der Waals surface area (Å²) in [5, 5.41) is 11.3. The van der Waals surface area contributed by atoms with Gasteiger partial charge in [-0.3, -0.25) is 19.7 Å². The smallest absolute Gasteiger partial charge is 0.330 e. The van der Waals surface area contributed by atoms with Crippen LogP contribution in [-0.2, 0) is 19.1 Å². The maximum Gasteiger partial charge on any atom is 0.330 e. The van der Waals surface area contributed by atoms with E-state index in [1.54, 1.807) is 6.92 Å². The lowest BCUT2D eigenvalue weighted by atomic mass is 9.88. The molecular formula is C35H27N3O6. The van der Waals surface area contributed by atoms with E-state index < -0.39 is 52.7 Å². The molecule has 44 heavy (non-hydrogen) atoms. The van der Waals surface area contributed by atoms with Crippen LogP contribution in [0.4, 0.5) is 17.1 Å². The molecule has 2 saturated heterocycles. The summed E-state index contributed by atoms with van der Waals surface area (Å²) in [6.45, 7) is 1.62. The summed E-state index contributed by atoms with van der Waals surface area (Å²) in [4.78, 5) is 56.6. The van der Waals surface area contributed by atoms with Crippen molar-refractivity contribution in [3.05, 3.63) is 142 Å². The van der Waals surface area contributed by atoms with E-state index in [1.807, 2.05) is 102 Å². The van der Waals surface area contributed by atoms with Gasteiger partial charge >= 0.3 is 5.97 Å². The van der Waals surface area contributed by atoms with E-state index in [1.165, 1.54) is 18.2 Å². The zero-order chi connectivity index (χ0) is 30.5. The van der Waals surface area contributed by atoms with E-state index >= 15 is 0 Å². The number of imide groups is 1. The number of hydrogen-bond donors (Lipinski definition) is 0. The molecule has 0 bridgehead atoms. The van der Waals surface area contributed by atoms with Gasteiger partial charge in [0, 0.05) is 17.8 Å². The van der Waals surface area contributed by atoms with E-state index in [0.717, 1.165) is 27.3 Å². The Hall–Kier alpha value is -5.57. The zero-order valence-corrected chi connectivity index (χ0v) is 23.6. The number of aryl methyl sites for hydroxylation is 1. The van der Waals surface area contributed by atoms with Gasteiger partial charge in [0.1, 0.15) is 6.04 Å². The minimum absolute atomic E-state index is 0.141. The fraction of sp³-hybridized carbons (Fsp3) is 0.171. The Morgan fingerprint density at radius 2 is 1.43 bits per heavy atom. The number of anilines is 2. The molecule has 0 saturated carbocycles. The molecule has 0 radical (unpaired) electrons. The van der Waals surface area contributed by atoms with Crippen LogP contribution in [0.3, 0.4) is 0 Å². The second-order valence-electron chi connectivity index (χ2n) is 11.2. The van der Waals surface area contributed by atoms with Gasteiger partial charge in [0.05, 0.1) is 28.5 Å². The number of carbonyl (C=O) groups is 3. The van der Waals surface area contributed by atoms with Crippen molar-refractivity contribution in [2.45, 2.75) is 25.1 Å². The SMILES string of the molecule is Cc1cc([N+](=O)[O-])ccc1N1C(=O)[C@@H]2[C@H](C1=O)[C@@H](C(=O)OC(c1ccccc1)c1ccccc1)N1c3ccccc3C=C[C@@H]21. The highest BCUT2D eigenvalue weighted by Crippen LogP contribution is 2.50. The molecule has 3 aliphatic rings. The van der Waals surface area contributed by atoms with Crippen molar-refractivity contribution < 1.29 is 24.0 Å². The van der Waals surface area contributed by atoms with Crippen LogP contribution in [0.25, 0.3) is 6.08 Å². The first-order valence-corrected chi connectivity index (χ1v) is 14.3. The predicted molar refractivity (Wildman–Crippen MR) is 164 cm³/mol. The van der Waals surface area contributed by atoms with Gasteiger partial charge in [0.15, 0.2) is 6.10 Å². The minimum atomic E-state index is -1.09. The molecule has 0 aromatic heterocycles. The van der Waals surface area contributed by atoms with Crippen LogP contribution in [0.1, 0.15) is 28.4 Å². The summed E-state index contributed by atoms with van der Waals surface area (Å²) >= 11 is 0. The molecular weight excluding hydrogens is 558 g/mol. The fourth-order valence-electron chi connectivity index (χ4n) is 6.80. The molecule has 0 unspecified atom stereocenters. The molecule has 3 aliphatic heterocycles. The summed E-state index contributed by atoms with van der Waals surface area (Å²) in [7, 11) is 0. The van der Waals surface area contributed by atoms with E-state index in [9.17, 15) is 24.5 Å². The van der Waals surface area contributed by atoms with Crippen molar-refractivity contribution in [1.29, 1.82) is 0 Å². The number of nitrogens with zero attached hydrogens (tertiary/aromatic N) is 3. The van der Waals surface area contributed by atoms with Crippen molar-refractivity contribution in [2.75, 3.05) is 9.80 Å². The van der Waals surface area contributed by atoms with Crippen LogP contribution in [0.2, 0.25) is 0 Å². The topological polar surface area (TPSA) is 110 Å². The molecule has 4 atom stereocenters. The Balaban J connectivity index is 1.32. The number of carbonyl (C=O) groups excluding carboxylic acids is 3. The van der Waals surface area contributed by atoms with Gasteiger partial charge < -0.3 is 9.64 Å². The highest BCUT2D eigenvalue weighted by Gasteiger charge is 2.65. The number of nitro groups is 1. The van der Waals surface area contributed by atoms with E-state index in [4.69, 9.17) is 4.74 Å². The maximum absolute atomic E-state index is 14.4. The van der Waals surface area contributed by atoms with E-state index in [0.29, 0.717) is 5.56 Å². The van der Waals surface area contributed by atoms with Crippen LogP contribution in [0, 0.1) is 28.9 Å². The second kappa shape index (κ2) is 10.6. The van der Waals surface area contributed by atoms with Gasteiger partial charge in [-0.2, -0.15) is 0 Å². The quantitative estimate of drug-likeness (QED) is 0.125. The Morgan fingerprint density at radius 3 is 2.07 bits per heavy atom. The van der Waals surface area contributed by atoms with Gasteiger partial charge in [0.2, 0.25) is 11.8 Å². The number of benzene rings is 4. The summed E-state index contributed by atoms with van der Waals surface area (Å²) in [6.07, 6.45) is 3.05. The van der Waals surface area contributed by atoms with E-state index in [2.05, 4.69) is 0 Å². The van der Waals surface area contributed by atoms with Gasteiger partial charge in [-0.15, -0.1) is 0 Å². The first kappa shape index (κ1) is 27.3. The van der Waals surface area contributed by atoms with Crippen LogP contribution in [0.15, 0.2) is 109 Å². The average Bonchev–Trinajstić information content (AvgIpc) is 3.53. The third-order valence-corrected chi connectivity index (χ3v) is 8.73. The number of non-ortho nitro benzene ring substituents is 1. The largest absolute Gasteiger partial charge is 0.451 e.